The number of nitrogens with zero attached hydrogens (tertiary/aromatic N) is 2. The Morgan fingerprint density at radius 3 is 2.92 bits per heavy atom. The number of aryl methyl sites for hydroxylation is 1. The first-order valence-electron chi connectivity index (χ1n) is 4.12. The first-order valence-corrected chi connectivity index (χ1v) is 4.12. The van der Waals surface area contributed by atoms with E-state index in [-0.39, 0.29) is 0 Å². The molecule has 1 heterocycles. The van der Waals surface area contributed by atoms with Gasteiger partial charge >= 0.3 is 0 Å². The number of aromatic nitrogens is 2. The molecule has 2 rings (SSSR count). The zero-order valence-electron chi connectivity index (χ0n) is 7.70. The summed E-state index contributed by atoms with van der Waals surface area (Å²) in [5.74, 6) is 0.887. The minimum atomic E-state index is 0.762. The van der Waals surface area contributed by atoms with Crippen LogP contribution in [0.15, 0.2) is 18.2 Å². The lowest BCUT2D eigenvalue weighted by molar-refractivity contribution is 0.800. The summed E-state index contributed by atoms with van der Waals surface area (Å²) >= 11 is 0. The molecule has 2 aromatic rings. The number of rotatable bonds is 1. The van der Waals surface area contributed by atoms with Crippen molar-refractivity contribution in [3.63, 3.8) is 0 Å². The first-order chi connectivity index (χ1) is 6.22. The van der Waals surface area contributed by atoms with Gasteiger partial charge in [0.25, 0.3) is 0 Å². The first kappa shape index (κ1) is 7.91. The zero-order valence-corrected chi connectivity index (χ0v) is 7.70. The highest BCUT2D eigenvalue weighted by atomic mass is 15.3. The van der Waals surface area contributed by atoms with Crippen molar-refractivity contribution in [1.82, 2.24) is 9.78 Å². The standard InChI is InChI=1S/C9H12N4/c1-11-9-7-4-3-6(10)5-8(7)13(2)12-9/h3-5H,10H2,1-2H3,(H,11,12). The Kier molecular flexibility index (Phi) is 1.62. The molecule has 0 saturated carbocycles. The molecule has 4 nitrogen and oxygen atoms in total. The number of nitrogens with two attached hydrogens (primary N) is 1. The molecule has 0 spiro atoms. The Bertz CT molecular complexity index is 444. The van der Waals surface area contributed by atoms with Crippen LogP contribution in [0.4, 0.5) is 11.5 Å². The Hall–Kier alpha value is -1.71. The van der Waals surface area contributed by atoms with Gasteiger partial charge in [-0.1, -0.05) is 0 Å². The van der Waals surface area contributed by atoms with Crippen molar-refractivity contribution < 1.29 is 0 Å². The van der Waals surface area contributed by atoms with Crippen LogP contribution in [0.1, 0.15) is 0 Å². The van der Waals surface area contributed by atoms with Crippen LogP contribution >= 0.6 is 0 Å². The van der Waals surface area contributed by atoms with Crippen LogP contribution in [0.2, 0.25) is 0 Å². The maximum Gasteiger partial charge on any atom is 0.155 e. The van der Waals surface area contributed by atoms with Crippen LogP contribution < -0.4 is 11.1 Å². The molecule has 0 aliphatic rings. The van der Waals surface area contributed by atoms with Gasteiger partial charge in [-0.15, -0.1) is 0 Å². The molecule has 0 amide bonds. The third-order valence-corrected chi connectivity index (χ3v) is 2.11. The molecule has 0 aliphatic carbocycles. The molecular formula is C9H12N4. The molecule has 68 valence electrons. The van der Waals surface area contributed by atoms with E-state index < -0.39 is 0 Å². The number of hydrogen-bond acceptors (Lipinski definition) is 3. The summed E-state index contributed by atoms with van der Waals surface area (Å²) in [5.41, 5.74) is 7.49. The third kappa shape index (κ3) is 1.11. The van der Waals surface area contributed by atoms with E-state index in [1.807, 2.05) is 37.0 Å². The summed E-state index contributed by atoms with van der Waals surface area (Å²) in [6.07, 6.45) is 0. The topological polar surface area (TPSA) is 55.9 Å². The summed E-state index contributed by atoms with van der Waals surface area (Å²) in [6.45, 7) is 0. The maximum atomic E-state index is 5.68. The average molecular weight is 176 g/mol. The van der Waals surface area contributed by atoms with E-state index in [0.717, 1.165) is 22.4 Å². The summed E-state index contributed by atoms with van der Waals surface area (Å²) in [4.78, 5) is 0. The second-order valence-electron chi connectivity index (χ2n) is 3.00. The highest BCUT2D eigenvalue weighted by Gasteiger charge is 2.05. The van der Waals surface area contributed by atoms with Gasteiger partial charge in [0.1, 0.15) is 0 Å². The van der Waals surface area contributed by atoms with Gasteiger partial charge in [0.15, 0.2) is 5.82 Å². The fourth-order valence-electron chi connectivity index (χ4n) is 1.46. The number of fused-ring (bicyclic) bond motifs is 1. The Morgan fingerprint density at radius 1 is 1.46 bits per heavy atom. The zero-order chi connectivity index (χ0) is 9.42. The van der Waals surface area contributed by atoms with Crippen molar-refractivity contribution in [3.8, 4) is 0 Å². The van der Waals surface area contributed by atoms with Crippen molar-refractivity contribution in [2.75, 3.05) is 18.1 Å². The predicted molar refractivity (Wildman–Crippen MR) is 54.7 cm³/mol. The summed E-state index contributed by atoms with van der Waals surface area (Å²) in [5, 5.41) is 8.43. The van der Waals surface area contributed by atoms with Gasteiger partial charge in [-0.2, -0.15) is 5.10 Å². The molecule has 3 N–H and O–H groups in total. The molecular weight excluding hydrogens is 164 g/mol. The van der Waals surface area contributed by atoms with Gasteiger partial charge in [-0.25, -0.2) is 0 Å². The summed E-state index contributed by atoms with van der Waals surface area (Å²) in [6, 6.07) is 5.78. The van der Waals surface area contributed by atoms with Gasteiger partial charge in [0, 0.05) is 25.2 Å². The molecule has 1 aromatic carbocycles. The lowest BCUT2D eigenvalue weighted by Gasteiger charge is -1.95. The van der Waals surface area contributed by atoms with E-state index >= 15 is 0 Å². The lowest BCUT2D eigenvalue weighted by atomic mass is 10.2. The Balaban J connectivity index is 2.80. The number of nitrogens with one attached hydrogen (secondary N) is 1. The average Bonchev–Trinajstić information content (AvgIpc) is 2.43. The van der Waals surface area contributed by atoms with Crippen molar-refractivity contribution in [1.29, 1.82) is 0 Å². The van der Waals surface area contributed by atoms with Gasteiger partial charge in [-0.3, -0.25) is 4.68 Å². The lowest BCUT2D eigenvalue weighted by Crippen LogP contribution is -1.92. The summed E-state index contributed by atoms with van der Waals surface area (Å²) in [7, 11) is 3.76. The van der Waals surface area contributed by atoms with E-state index in [1.165, 1.54) is 0 Å². The van der Waals surface area contributed by atoms with Crippen LogP contribution in [0.3, 0.4) is 0 Å². The molecule has 0 radical (unpaired) electrons. The van der Waals surface area contributed by atoms with Gasteiger partial charge in [-0.05, 0) is 18.2 Å². The smallest absolute Gasteiger partial charge is 0.155 e. The van der Waals surface area contributed by atoms with Crippen molar-refractivity contribution in [2.45, 2.75) is 0 Å². The highest BCUT2D eigenvalue weighted by Crippen LogP contribution is 2.23. The molecule has 4 heteroatoms. The van der Waals surface area contributed by atoms with Gasteiger partial charge < -0.3 is 11.1 Å². The molecule has 0 atom stereocenters. The monoisotopic (exact) mass is 176 g/mol. The van der Waals surface area contributed by atoms with Crippen LogP contribution in [-0.2, 0) is 7.05 Å². The minimum Gasteiger partial charge on any atom is -0.399 e. The van der Waals surface area contributed by atoms with E-state index in [0.29, 0.717) is 0 Å². The molecule has 0 unspecified atom stereocenters. The van der Waals surface area contributed by atoms with Crippen molar-refractivity contribution >= 4 is 22.4 Å². The van der Waals surface area contributed by atoms with Crippen LogP contribution in [0.25, 0.3) is 10.9 Å². The van der Waals surface area contributed by atoms with Crippen molar-refractivity contribution in [2.24, 2.45) is 7.05 Å². The van der Waals surface area contributed by atoms with Gasteiger partial charge in [0.05, 0.1) is 5.52 Å². The normalized spacial score (nSPS) is 10.6. The molecule has 0 saturated heterocycles. The van der Waals surface area contributed by atoms with E-state index in [1.54, 1.807) is 0 Å². The molecule has 0 bridgehead atoms. The predicted octanol–water partition coefficient (Wildman–Crippen LogP) is 1.20. The number of benzene rings is 1. The fraction of sp³-hybridized carbons (Fsp3) is 0.222. The summed E-state index contributed by atoms with van der Waals surface area (Å²) < 4.78 is 1.82. The van der Waals surface area contributed by atoms with Crippen LogP contribution in [0, 0.1) is 0 Å². The molecule has 0 fully saturated rings. The Labute approximate surface area is 76.3 Å². The number of hydrogen-bond donors (Lipinski definition) is 2. The number of nitrogen functional groups attached to an aromatic ring is 1. The van der Waals surface area contributed by atoms with E-state index in [2.05, 4.69) is 10.4 Å². The second-order valence-corrected chi connectivity index (χ2v) is 3.00. The van der Waals surface area contributed by atoms with Gasteiger partial charge in [0.2, 0.25) is 0 Å². The molecule has 0 aliphatic heterocycles. The van der Waals surface area contributed by atoms with Crippen molar-refractivity contribution in [3.05, 3.63) is 18.2 Å². The molecule has 13 heavy (non-hydrogen) atoms. The quantitative estimate of drug-likeness (QED) is 0.642. The van der Waals surface area contributed by atoms with E-state index in [4.69, 9.17) is 5.73 Å². The van der Waals surface area contributed by atoms with E-state index in [9.17, 15) is 0 Å². The fourth-order valence-corrected chi connectivity index (χ4v) is 1.46. The third-order valence-electron chi connectivity index (χ3n) is 2.11. The SMILES string of the molecule is CNc1nn(C)c2cc(N)ccc12. The highest BCUT2D eigenvalue weighted by molar-refractivity contribution is 5.91. The molecule has 1 aromatic heterocycles. The van der Waals surface area contributed by atoms with Crippen LogP contribution in [0.5, 0.6) is 0 Å². The number of anilines is 2. The Morgan fingerprint density at radius 2 is 2.23 bits per heavy atom. The van der Waals surface area contributed by atoms with Crippen LogP contribution in [-0.4, -0.2) is 16.8 Å². The second kappa shape index (κ2) is 2.65. The minimum absolute atomic E-state index is 0.762. The largest absolute Gasteiger partial charge is 0.399 e. The maximum absolute atomic E-state index is 5.68.